The minimum atomic E-state index is -2.24. The van der Waals surface area contributed by atoms with E-state index in [1.165, 1.54) is 0 Å². The van der Waals surface area contributed by atoms with Crippen molar-refractivity contribution in [3.63, 3.8) is 0 Å². The third kappa shape index (κ3) is 8.65. The Kier molecular flexibility index (Phi) is 8.60. The Labute approximate surface area is 165 Å². The number of rotatable bonds is 9. The molecule has 2 atom stereocenters. The molecule has 0 heterocycles. The van der Waals surface area contributed by atoms with E-state index in [0.717, 1.165) is 38.0 Å². The van der Waals surface area contributed by atoms with Crippen molar-refractivity contribution in [3.05, 3.63) is 0 Å². The third-order valence-electron chi connectivity index (χ3n) is 5.91. The summed E-state index contributed by atoms with van der Waals surface area (Å²) in [7, 11) is -4.48. The van der Waals surface area contributed by atoms with Gasteiger partial charge in [0.25, 0.3) is 0 Å². The highest BCUT2D eigenvalue weighted by atomic mass is 31.2. The molecule has 0 aromatic heterocycles. The molecular weight excluding hydrogens is 358 g/mol. The van der Waals surface area contributed by atoms with Gasteiger partial charge in [0.05, 0.1) is 14.3 Å². The topological polar surface area (TPSA) is 34.1 Å². The summed E-state index contributed by atoms with van der Waals surface area (Å²) in [6, 6.07) is 0. The first-order valence-electron chi connectivity index (χ1n) is 10.3. The summed E-state index contributed by atoms with van der Waals surface area (Å²) >= 11 is 0. The van der Waals surface area contributed by atoms with Crippen molar-refractivity contribution in [2.24, 2.45) is 10.8 Å². The van der Waals surface area contributed by atoms with Gasteiger partial charge in [-0.25, -0.2) is 0 Å². The van der Waals surface area contributed by atoms with Crippen LogP contribution in [-0.4, -0.2) is 36.0 Å². The summed E-state index contributed by atoms with van der Waals surface area (Å²) < 4.78 is 26.7. The summed E-state index contributed by atoms with van der Waals surface area (Å²) in [6.45, 7) is 25.9. The average Bonchev–Trinajstić information content (AvgIpc) is 2.28. The average molecular weight is 407 g/mol. The molecule has 0 aliphatic heterocycles. The van der Waals surface area contributed by atoms with Gasteiger partial charge in [-0.05, 0) is 49.8 Å². The van der Waals surface area contributed by atoms with Gasteiger partial charge in [-0.15, -0.1) is 0 Å². The van der Waals surface area contributed by atoms with Gasteiger partial charge >= 0.3 is 0 Å². The molecule has 0 saturated carbocycles. The maximum absolute atomic E-state index is 13.4. The van der Waals surface area contributed by atoms with Crippen molar-refractivity contribution in [2.45, 2.75) is 105 Å². The minimum Gasteiger partial charge on any atom is -0.323 e. The second kappa shape index (κ2) is 8.45. The molecule has 0 spiro atoms. The molecule has 0 unspecified atom stereocenters. The van der Waals surface area contributed by atoms with E-state index in [4.69, 9.17) is 0 Å². The van der Waals surface area contributed by atoms with E-state index in [1.54, 1.807) is 0 Å². The van der Waals surface area contributed by atoms with Crippen LogP contribution in [0.5, 0.6) is 0 Å². The van der Waals surface area contributed by atoms with Crippen LogP contribution in [0.4, 0.5) is 0 Å². The van der Waals surface area contributed by atoms with Crippen LogP contribution in [0.2, 0.25) is 0 Å². The van der Waals surface area contributed by atoms with Gasteiger partial charge in [-0.2, -0.15) is 0 Å². The van der Waals surface area contributed by atoms with E-state index in [2.05, 4.69) is 69.2 Å². The summed E-state index contributed by atoms with van der Waals surface area (Å²) in [5.41, 5.74) is 0.372. The Morgan fingerprint density at radius 1 is 0.538 bits per heavy atom. The fourth-order valence-electron chi connectivity index (χ4n) is 4.36. The molecule has 0 rings (SSSR count). The van der Waals surface area contributed by atoms with Crippen molar-refractivity contribution in [2.75, 3.05) is 25.7 Å². The highest BCUT2D eigenvalue weighted by Gasteiger charge is 2.40. The fraction of sp³-hybridized carbons (Fsp3) is 1.00. The Morgan fingerprint density at radius 3 is 0.962 bits per heavy atom. The minimum absolute atomic E-state index is 0.132. The quantitative estimate of drug-likeness (QED) is 0.286. The second-order valence-electron chi connectivity index (χ2n) is 12.5. The number of hydrogen-bond acceptors (Lipinski definition) is 2. The normalized spacial score (nSPS) is 19.1. The van der Waals surface area contributed by atoms with Crippen LogP contribution in [0, 0.1) is 10.8 Å². The summed E-state index contributed by atoms with van der Waals surface area (Å²) in [6.07, 6.45) is 5.33. The van der Waals surface area contributed by atoms with E-state index in [0.29, 0.717) is 0 Å². The first kappa shape index (κ1) is 26.5. The van der Waals surface area contributed by atoms with Gasteiger partial charge in [-0.1, -0.05) is 69.2 Å². The molecule has 4 heteroatoms. The second-order valence-corrected chi connectivity index (χ2v) is 20.2. The maximum Gasteiger partial charge on any atom is 0.0901 e. The lowest BCUT2D eigenvalue weighted by molar-refractivity contribution is 0.328. The standard InChI is InChI=1S/C22H48O2P2/c1-19(2,3)17-21(7,8)25(11,23)15-13-14-16-26(12,24)22(9,10)18-20(4,5)6/h13-18H2,1-12H3/t25-,26+. The zero-order valence-corrected chi connectivity index (χ0v) is 21.7. The molecule has 0 radical (unpaired) electrons. The first-order valence-corrected chi connectivity index (χ1v) is 14.9. The monoisotopic (exact) mass is 406 g/mol. The van der Waals surface area contributed by atoms with Crippen LogP contribution in [0.25, 0.3) is 0 Å². The smallest absolute Gasteiger partial charge is 0.0901 e. The SMILES string of the molecule is CC(C)(C)CC(C)(C)[P@@](C)(=O)CCCC[P@@](C)(=O)C(C)(C)CC(C)(C)C. The zero-order chi connectivity index (χ0) is 21.2. The zero-order valence-electron chi connectivity index (χ0n) is 20.0. The van der Waals surface area contributed by atoms with Crippen LogP contribution in [-0.2, 0) is 9.13 Å². The van der Waals surface area contributed by atoms with Crippen molar-refractivity contribution in [1.82, 2.24) is 0 Å². The van der Waals surface area contributed by atoms with Crippen molar-refractivity contribution in [1.29, 1.82) is 0 Å². The van der Waals surface area contributed by atoms with Crippen molar-refractivity contribution >= 4 is 14.3 Å². The Bertz CT molecular complexity index is 495. The lowest BCUT2D eigenvalue weighted by Gasteiger charge is -2.38. The largest absolute Gasteiger partial charge is 0.323 e. The van der Waals surface area contributed by atoms with Crippen molar-refractivity contribution < 1.29 is 9.13 Å². The van der Waals surface area contributed by atoms with Crippen LogP contribution in [0.1, 0.15) is 94.9 Å². The summed E-state index contributed by atoms with van der Waals surface area (Å²) in [5, 5.41) is -0.265. The number of hydrogen-bond donors (Lipinski definition) is 0. The highest BCUT2D eigenvalue weighted by Crippen LogP contribution is 2.61. The van der Waals surface area contributed by atoms with Gasteiger partial charge < -0.3 is 9.13 Å². The molecule has 2 nitrogen and oxygen atoms in total. The Morgan fingerprint density at radius 2 is 0.769 bits per heavy atom. The molecule has 158 valence electrons. The highest BCUT2D eigenvalue weighted by molar-refractivity contribution is 7.65. The fourth-order valence-corrected chi connectivity index (χ4v) is 8.84. The molecule has 0 saturated heterocycles. The first-order chi connectivity index (χ1) is 11.1. The number of unbranched alkanes of at least 4 members (excludes halogenated alkanes) is 1. The van der Waals surface area contributed by atoms with Gasteiger partial charge in [0, 0.05) is 22.6 Å². The van der Waals surface area contributed by atoms with Gasteiger partial charge in [0.15, 0.2) is 0 Å². The van der Waals surface area contributed by atoms with Crippen LogP contribution >= 0.6 is 14.3 Å². The predicted molar refractivity (Wildman–Crippen MR) is 122 cm³/mol. The lowest BCUT2D eigenvalue weighted by atomic mass is 9.86. The molecule has 0 aromatic rings. The van der Waals surface area contributed by atoms with Crippen molar-refractivity contribution in [3.8, 4) is 0 Å². The summed E-state index contributed by atoms with van der Waals surface area (Å²) in [4.78, 5) is 0. The van der Waals surface area contributed by atoms with E-state index >= 15 is 0 Å². The molecule has 0 N–H and O–H groups in total. The van der Waals surface area contributed by atoms with E-state index in [9.17, 15) is 9.13 Å². The third-order valence-corrected chi connectivity index (χ3v) is 13.7. The predicted octanol–water partition coefficient (Wildman–Crippen LogP) is 8.18. The van der Waals surface area contributed by atoms with Gasteiger partial charge in [0.1, 0.15) is 0 Å². The Balaban J connectivity index is 4.79. The van der Waals surface area contributed by atoms with Crippen LogP contribution in [0.3, 0.4) is 0 Å². The van der Waals surface area contributed by atoms with Gasteiger partial charge in [0.2, 0.25) is 0 Å². The molecule has 0 aliphatic carbocycles. The molecular formula is C22H48O2P2. The molecule has 26 heavy (non-hydrogen) atoms. The van der Waals surface area contributed by atoms with E-state index in [1.807, 2.05) is 13.3 Å². The van der Waals surface area contributed by atoms with E-state index < -0.39 is 14.3 Å². The van der Waals surface area contributed by atoms with E-state index in [-0.39, 0.29) is 21.1 Å². The summed E-state index contributed by atoms with van der Waals surface area (Å²) in [5.74, 6) is 0. The van der Waals surface area contributed by atoms with Crippen LogP contribution in [0.15, 0.2) is 0 Å². The molecule has 0 amide bonds. The van der Waals surface area contributed by atoms with Gasteiger partial charge in [-0.3, -0.25) is 0 Å². The molecule has 0 bridgehead atoms. The lowest BCUT2D eigenvalue weighted by Crippen LogP contribution is -2.29. The molecule has 0 aliphatic rings. The Hall–Kier alpha value is 0.460. The molecule has 0 aromatic carbocycles. The van der Waals surface area contributed by atoms with Crippen LogP contribution < -0.4 is 0 Å². The molecule has 0 fully saturated rings. The maximum atomic E-state index is 13.4.